The Balaban J connectivity index is 3.99. The van der Waals surface area contributed by atoms with Crippen LogP contribution in [0.1, 0.15) is 13.8 Å². The predicted octanol–water partition coefficient (Wildman–Crippen LogP) is -0.930. The predicted molar refractivity (Wildman–Crippen MR) is 48.6 cm³/mol. The highest BCUT2D eigenvalue weighted by atomic mass is 16.5. The van der Waals surface area contributed by atoms with Gasteiger partial charge in [-0.1, -0.05) is 0 Å². The first kappa shape index (κ1) is 12.4. The molecule has 0 aliphatic rings. The van der Waals surface area contributed by atoms with Crippen LogP contribution < -0.4 is 5.84 Å². The van der Waals surface area contributed by atoms with E-state index in [0.717, 1.165) is 10.9 Å². The zero-order valence-corrected chi connectivity index (χ0v) is 8.36. The first-order valence-electron chi connectivity index (χ1n) is 4.28. The maximum absolute atomic E-state index is 10.9. The van der Waals surface area contributed by atoms with Crippen LogP contribution in [0.15, 0.2) is 0 Å². The van der Waals surface area contributed by atoms with Crippen molar-refractivity contribution in [3.63, 3.8) is 0 Å². The Kier molecular flexibility index (Phi) is 6.09. The second kappa shape index (κ2) is 6.88. The standard InChI is InChI=1S/C8H14N2O4/c1-3-13-7(11)5-10(9)6-8(12)14-4-2/h5H,3-4,6H2,1-2H3,(H-,9,11)/p+1. The third-order valence-electron chi connectivity index (χ3n) is 1.17. The van der Waals surface area contributed by atoms with Crippen LogP contribution in [0, 0.1) is 0 Å². The van der Waals surface area contributed by atoms with Crippen LogP contribution in [-0.2, 0) is 19.1 Å². The first-order chi connectivity index (χ1) is 6.60. The van der Waals surface area contributed by atoms with Gasteiger partial charge in [-0.25, -0.2) is 15.4 Å². The van der Waals surface area contributed by atoms with Crippen molar-refractivity contribution in [3.05, 3.63) is 0 Å². The highest BCUT2D eigenvalue weighted by Crippen LogP contribution is 1.78. The van der Waals surface area contributed by atoms with Gasteiger partial charge in [0.15, 0.2) is 0 Å². The molecule has 0 amide bonds. The number of ether oxygens (including phenoxy) is 2. The van der Waals surface area contributed by atoms with E-state index in [2.05, 4.69) is 9.47 Å². The smallest absolute Gasteiger partial charge is 0.398 e. The average Bonchev–Trinajstić information content (AvgIpc) is 2.03. The van der Waals surface area contributed by atoms with E-state index in [-0.39, 0.29) is 19.8 Å². The zero-order chi connectivity index (χ0) is 11.0. The number of rotatable bonds is 5. The zero-order valence-electron chi connectivity index (χ0n) is 8.36. The van der Waals surface area contributed by atoms with Crippen LogP contribution in [0.2, 0.25) is 0 Å². The van der Waals surface area contributed by atoms with Crippen molar-refractivity contribution < 1.29 is 23.7 Å². The van der Waals surface area contributed by atoms with E-state index >= 15 is 0 Å². The quantitative estimate of drug-likeness (QED) is 0.205. The molecule has 0 aromatic carbocycles. The fourth-order valence-electron chi connectivity index (χ4n) is 0.716. The van der Waals surface area contributed by atoms with E-state index in [0.29, 0.717) is 0 Å². The molecule has 2 N–H and O–H groups in total. The summed E-state index contributed by atoms with van der Waals surface area (Å²) in [7, 11) is 0. The van der Waals surface area contributed by atoms with Gasteiger partial charge in [-0.2, -0.15) is 0 Å². The lowest BCUT2D eigenvalue weighted by Gasteiger charge is -1.97. The van der Waals surface area contributed by atoms with Crippen molar-refractivity contribution in [2.24, 2.45) is 5.84 Å². The minimum atomic E-state index is -0.584. The second-order valence-corrected chi connectivity index (χ2v) is 2.36. The van der Waals surface area contributed by atoms with Crippen LogP contribution in [0.5, 0.6) is 0 Å². The van der Waals surface area contributed by atoms with Crippen LogP contribution in [-0.4, -0.2) is 42.6 Å². The van der Waals surface area contributed by atoms with Crippen molar-refractivity contribution in [2.75, 3.05) is 19.8 Å². The van der Waals surface area contributed by atoms with Gasteiger partial charge in [-0.05, 0) is 13.8 Å². The molecule has 0 radical (unpaired) electrons. The van der Waals surface area contributed by atoms with Gasteiger partial charge in [0.05, 0.1) is 13.2 Å². The van der Waals surface area contributed by atoms with Gasteiger partial charge in [0.25, 0.3) is 12.8 Å². The summed E-state index contributed by atoms with van der Waals surface area (Å²) in [5.74, 6) is 4.24. The topological polar surface area (TPSA) is 81.6 Å². The van der Waals surface area contributed by atoms with Crippen LogP contribution in [0.25, 0.3) is 0 Å². The molecule has 0 aliphatic carbocycles. The molecular weight excluding hydrogens is 188 g/mol. The van der Waals surface area contributed by atoms with Gasteiger partial charge in [-0.3, -0.25) is 0 Å². The van der Waals surface area contributed by atoms with Crippen LogP contribution in [0.3, 0.4) is 0 Å². The molecule has 80 valence electrons. The lowest BCUT2D eigenvalue weighted by molar-refractivity contribution is -0.525. The molecule has 0 atom stereocenters. The highest BCUT2D eigenvalue weighted by Gasteiger charge is 2.12. The average molecular weight is 203 g/mol. The number of carbonyl (C=O) groups is 2. The Labute approximate surface area is 82.3 Å². The molecule has 6 nitrogen and oxygen atoms in total. The summed E-state index contributed by atoms with van der Waals surface area (Å²) in [6.45, 7) is 3.74. The first-order valence-corrected chi connectivity index (χ1v) is 4.28. The van der Waals surface area contributed by atoms with Crippen molar-refractivity contribution in [3.8, 4) is 0 Å². The Hall–Kier alpha value is -1.59. The maximum Gasteiger partial charge on any atom is 0.398 e. The SMILES string of the molecule is CCOC(=O)C=[N+](N)CC(=O)OCC. The summed E-state index contributed by atoms with van der Waals surface area (Å²) in [5, 5.41) is 0. The minimum Gasteiger partial charge on any atom is -0.461 e. The molecule has 0 fully saturated rings. The van der Waals surface area contributed by atoms with Gasteiger partial charge < -0.3 is 9.47 Å². The van der Waals surface area contributed by atoms with E-state index in [1.807, 2.05) is 0 Å². The fourth-order valence-corrected chi connectivity index (χ4v) is 0.716. The number of nitrogens with zero attached hydrogens (tertiary/aromatic N) is 1. The van der Waals surface area contributed by atoms with E-state index in [1.54, 1.807) is 13.8 Å². The number of carbonyl (C=O) groups excluding carboxylic acids is 2. The lowest BCUT2D eigenvalue weighted by Crippen LogP contribution is -2.31. The Morgan fingerprint density at radius 1 is 1.29 bits per heavy atom. The Morgan fingerprint density at radius 2 is 1.86 bits per heavy atom. The third kappa shape index (κ3) is 5.99. The largest absolute Gasteiger partial charge is 0.461 e. The monoisotopic (exact) mass is 203 g/mol. The third-order valence-corrected chi connectivity index (χ3v) is 1.17. The minimum absolute atomic E-state index is 0.174. The van der Waals surface area contributed by atoms with Gasteiger partial charge >= 0.3 is 11.9 Å². The molecule has 0 bridgehead atoms. The lowest BCUT2D eigenvalue weighted by atomic mass is 10.6. The summed E-state index contributed by atoms with van der Waals surface area (Å²) in [5.41, 5.74) is 0. The van der Waals surface area contributed by atoms with Gasteiger partial charge in [-0.15, -0.1) is 4.68 Å². The summed E-state index contributed by atoms with van der Waals surface area (Å²) >= 11 is 0. The summed E-state index contributed by atoms with van der Waals surface area (Å²) in [6.07, 6.45) is 1.00. The summed E-state index contributed by atoms with van der Waals surface area (Å²) in [4.78, 5) is 21.7. The molecule has 0 aromatic rings. The summed E-state index contributed by atoms with van der Waals surface area (Å²) in [6, 6.07) is 0. The molecule has 14 heavy (non-hydrogen) atoms. The molecule has 0 spiro atoms. The Bertz CT molecular complexity index is 237. The summed E-state index contributed by atoms with van der Waals surface area (Å²) < 4.78 is 10.1. The van der Waals surface area contributed by atoms with Crippen molar-refractivity contribution in [1.82, 2.24) is 0 Å². The van der Waals surface area contributed by atoms with Crippen LogP contribution >= 0.6 is 0 Å². The molecule has 0 heterocycles. The molecule has 0 aliphatic heterocycles. The van der Waals surface area contributed by atoms with E-state index in [9.17, 15) is 9.59 Å². The number of esters is 2. The number of nitrogens with two attached hydrogens (primary N) is 1. The van der Waals surface area contributed by atoms with Crippen LogP contribution in [0.4, 0.5) is 0 Å². The molecule has 0 saturated heterocycles. The molecule has 0 unspecified atom stereocenters. The van der Waals surface area contributed by atoms with Gasteiger partial charge in [0.1, 0.15) is 0 Å². The molecular formula is C8H15N2O4+. The van der Waals surface area contributed by atoms with Crippen molar-refractivity contribution in [1.29, 1.82) is 0 Å². The maximum atomic E-state index is 10.9. The molecule has 0 rings (SSSR count). The van der Waals surface area contributed by atoms with E-state index < -0.39 is 11.9 Å². The molecule has 0 saturated carbocycles. The second-order valence-electron chi connectivity index (χ2n) is 2.36. The van der Waals surface area contributed by atoms with Gasteiger partial charge in [0, 0.05) is 0 Å². The normalized spacial score (nSPS) is 10.9. The number of hydrazone groups is 1. The number of hydrogen-bond donors (Lipinski definition) is 1. The van der Waals surface area contributed by atoms with Crippen molar-refractivity contribution >= 4 is 18.2 Å². The van der Waals surface area contributed by atoms with E-state index in [4.69, 9.17) is 5.84 Å². The number of hydrogen-bond acceptors (Lipinski definition) is 5. The molecule has 0 aromatic heterocycles. The van der Waals surface area contributed by atoms with Gasteiger partial charge in [0.2, 0.25) is 0 Å². The Morgan fingerprint density at radius 3 is 2.36 bits per heavy atom. The van der Waals surface area contributed by atoms with E-state index in [1.165, 1.54) is 0 Å². The van der Waals surface area contributed by atoms with Crippen molar-refractivity contribution in [2.45, 2.75) is 13.8 Å². The number of hydrazine groups is 1. The molecule has 6 heteroatoms. The fraction of sp³-hybridized carbons (Fsp3) is 0.625. The highest BCUT2D eigenvalue weighted by molar-refractivity contribution is 6.20.